The van der Waals surface area contributed by atoms with Crippen molar-refractivity contribution in [3.63, 3.8) is 0 Å². The molecule has 0 aliphatic rings. The molecule has 1 unspecified atom stereocenters. The van der Waals surface area contributed by atoms with Gasteiger partial charge in [-0.3, -0.25) is 4.90 Å². The molecule has 1 aromatic carbocycles. The highest BCUT2D eigenvalue weighted by Gasteiger charge is 2.11. The second kappa shape index (κ2) is 7.97. The third kappa shape index (κ3) is 4.58. The van der Waals surface area contributed by atoms with Crippen LogP contribution in [0.3, 0.4) is 0 Å². The molecule has 2 aromatic rings. The number of benzene rings is 1. The third-order valence-corrected chi connectivity index (χ3v) is 3.82. The highest BCUT2D eigenvalue weighted by Crippen LogP contribution is 2.13. The van der Waals surface area contributed by atoms with E-state index in [1.165, 1.54) is 16.8 Å². The molecule has 0 spiro atoms. The number of nitrogens with zero attached hydrogens (tertiary/aromatic N) is 2. The lowest BCUT2D eigenvalue weighted by molar-refractivity contribution is 0.128. The molecular formula is C19H26N2O. The van der Waals surface area contributed by atoms with Gasteiger partial charge in [0.1, 0.15) is 0 Å². The Labute approximate surface area is 133 Å². The van der Waals surface area contributed by atoms with Crippen molar-refractivity contribution in [3.05, 3.63) is 72.1 Å². The van der Waals surface area contributed by atoms with Crippen LogP contribution in [0.2, 0.25) is 0 Å². The molecule has 1 heterocycles. The molecule has 0 saturated carbocycles. The summed E-state index contributed by atoms with van der Waals surface area (Å²) in [6, 6.07) is 12.7. The Bertz CT molecular complexity index is 601. The van der Waals surface area contributed by atoms with Crippen LogP contribution in [0.5, 0.6) is 0 Å². The maximum Gasteiger partial charge on any atom is 0.0639 e. The first-order valence-corrected chi connectivity index (χ1v) is 7.80. The lowest BCUT2D eigenvalue weighted by atomic mass is 10.1. The lowest BCUT2D eigenvalue weighted by Gasteiger charge is -2.23. The predicted molar refractivity (Wildman–Crippen MR) is 91.9 cm³/mol. The van der Waals surface area contributed by atoms with Gasteiger partial charge >= 0.3 is 0 Å². The van der Waals surface area contributed by atoms with Crippen LogP contribution >= 0.6 is 0 Å². The summed E-state index contributed by atoms with van der Waals surface area (Å²) in [5.41, 5.74) is 3.91. The average Bonchev–Trinajstić information content (AvgIpc) is 2.88. The summed E-state index contributed by atoms with van der Waals surface area (Å²) in [5.74, 6) is 0. The van der Waals surface area contributed by atoms with E-state index in [9.17, 15) is 5.11 Å². The Kier molecular flexibility index (Phi) is 5.99. The number of aromatic nitrogens is 1. The zero-order valence-corrected chi connectivity index (χ0v) is 13.6. The molecule has 0 radical (unpaired) electrons. The Balaban J connectivity index is 2.11. The topological polar surface area (TPSA) is 28.4 Å². The first-order chi connectivity index (χ1) is 10.6. The standard InChI is InChI=1S/C19H26N2O/c1-4-11-20(13-17(3)22)15-19-10-7-12-21(19)14-18-9-6-5-8-16(18)2/h4-10,12,17,22H,1,11,13-15H2,2-3H3. The van der Waals surface area contributed by atoms with Crippen LogP contribution in [0.25, 0.3) is 0 Å². The van der Waals surface area contributed by atoms with Crippen LogP contribution in [-0.4, -0.2) is 33.8 Å². The van der Waals surface area contributed by atoms with Gasteiger partial charge in [-0.05, 0) is 37.1 Å². The highest BCUT2D eigenvalue weighted by molar-refractivity contribution is 5.26. The van der Waals surface area contributed by atoms with Crippen molar-refractivity contribution < 1.29 is 5.11 Å². The molecule has 22 heavy (non-hydrogen) atoms. The molecule has 0 fully saturated rings. The van der Waals surface area contributed by atoms with Gasteiger partial charge in [-0.25, -0.2) is 0 Å². The number of aliphatic hydroxyl groups is 1. The van der Waals surface area contributed by atoms with Crippen molar-refractivity contribution in [2.24, 2.45) is 0 Å². The second-order valence-electron chi connectivity index (χ2n) is 5.89. The molecule has 0 bridgehead atoms. The van der Waals surface area contributed by atoms with E-state index in [0.717, 1.165) is 19.6 Å². The normalized spacial score (nSPS) is 12.5. The molecule has 0 amide bonds. The number of aryl methyl sites for hydroxylation is 1. The number of hydrogen-bond acceptors (Lipinski definition) is 2. The van der Waals surface area contributed by atoms with Gasteiger partial charge in [-0.2, -0.15) is 0 Å². The van der Waals surface area contributed by atoms with E-state index in [1.54, 1.807) is 0 Å². The zero-order chi connectivity index (χ0) is 15.9. The van der Waals surface area contributed by atoms with E-state index in [4.69, 9.17) is 0 Å². The monoisotopic (exact) mass is 298 g/mol. The fourth-order valence-electron chi connectivity index (χ4n) is 2.71. The Morgan fingerprint density at radius 3 is 2.73 bits per heavy atom. The van der Waals surface area contributed by atoms with Gasteiger partial charge < -0.3 is 9.67 Å². The number of aliphatic hydroxyl groups excluding tert-OH is 1. The van der Waals surface area contributed by atoms with Crippen LogP contribution in [0.15, 0.2) is 55.3 Å². The Morgan fingerprint density at radius 1 is 1.27 bits per heavy atom. The average molecular weight is 298 g/mol. The van der Waals surface area contributed by atoms with Crippen molar-refractivity contribution in [1.29, 1.82) is 0 Å². The molecule has 0 aliphatic heterocycles. The summed E-state index contributed by atoms with van der Waals surface area (Å²) in [7, 11) is 0. The molecule has 1 aromatic heterocycles. The summed E-state index contributed by atoms with van der Waals surface area (Å²) < 4.78 is 2.28. The van der Waals surface area contributed by atoms with Crippen molar-refractivity contribution in [1.82, 2.24) is 9.47 Å². The molecule has 3 heteroatoms. The summed E-state index contributed by atoms with van der Waals surface area (Å²) >= 11 is 0. The molecule has 0 saturated heterocycles. The van der Waals surface area contributed by atoms with Gasteiger partial charge in [0.2, 0.25) is 0 Å². The van der Waals surface area contributed by atoms with Gasteiger partial charge in [0.15, 0.2) is 0 Å². The first kappa shape index (κ1) is 16.5. The van der Waals surface area contributed by atoms with E-state index < -0.39 is 0 Å². The molecule has 1 N–H and O–H groups in total. The lowest BCUT2D eigenvalue weighted by Crippen LogP contribution is -2.31. The second-order valence-corrected chi connectivity index (χ2v) is 5.89. The predicted octanol–water partition coefficient (Wildman–Crippen LogP) is 3.21. The van der Waals surface area contributed by atoms with Crippen LogP contribution < -0.4 is 0 Å². The van der Waals surface area contributed by atoms with Gasteiger partial charge in [0.25, 0.3) is 0 Å². The van der Waals surface area contributed by atoms with E-state index in [1.807, 2.05) is 13.0 Å². The maximum atomic E-state index is 9.64. The molecule has 0 aliphatic carbocycles. The summed E-state index contributed by atoms with van der Waals surface area (Å²) in [5, 5.41) is 9.64. The quantitative estimate of drug-likeness (QED) is 0.758. The van der Waals surface area contributed by atoms with Crippen molar-refractivity contribution in [2.45, 2.75) is 33.0 Å². The van der Waals surface area contributed by atoms with Gasteiger partial charge in [0, 0.05) is 38.1 Å². The minimum Gasteiger partial charge on any atom is -0.392 e. The minimum absolute atomic E-state index is 0.334. The Hall–Kier alpha value is -1.84. The minimum atomic E-state index is -0.334. The summed E-state index contributed by atoms with van der Waals surface area (Å²) in [4.78, 5) is 2.21. The van der Waals surface area contributed by atoms with Gasteiger partial charge in [-0.15, -0.1) is 6.58 Å². The first-order valence-electron chi connectivity index (χ1n) is 7.80. The Morgan fingerprint density at radius 2 is 2.05 bits per heavy atom. The van der Waals surface area contributed by atoms with E-state index >= 15 is 0 Å². The van der Waals surface area contributed by atoms with Crippen LogP contribution in [0.4, 0.5) is 0 Å². The van der Waals surface area contributed by atoms with E-state index in [-0.39, 0.29) is 6.10 Å². The van der Waals surface area contributed by atoms with Crippen molar-refractivity contribution >= 4 is 0 Å². The largest absolute Gasteiger partial charge is 0.392 e. The molecule has 3 nitrogen and oxygen atoms in total. The van der Waals surface area contributed by atoms with Crippen molar-refractivity contribution in [3.8, 4) is 0 Å². The molecule has 118 valence electrons. The maximum absolute atomic E-state index is 9.64. The molecular weight excluding hydrogens is 272 g/mol. The smallest absolute Gasteiger partial charge is 0.0639 e. The van der Waals surface area contributed by atoms with Crippen LogP contribution in [0, 0.1) is 6.92 Å². The third-order valence-electron chi connectivity index (χ3n) is 3.82. The summed E-state index contributed by atoms with van der Waals surface area (Å²) in [6.07, 6.45) is 3.67. The number of hydrogen-bond donors (Lipinski definition) is 1. The van der Waals surface area contributed by atoms with Crippen LogP contribution in [-0.2, 0) is 13.1 Å². The number of rotatable bonds is 8. The van der Waals surface area contributed by atoms with Crippen molar-refractivity contribution in [2.75, 3.05) is 13.1 Å². The SMILES string of the molecule is C=CCN(Cc1cccn1Cc1ccccc1C)CC(C)O. The molecule has 2 rings (SSSR count). The molecule has 1 atom stereocenters. The summed E-state index contributed by atoms with van der Waals surface area (Å²) in [6.45, 7) is 10.9. The van der Waals surface area contributed by atoms with Gasteiger partial charge in [0.05, 0.1) is 6.10 Å². The van der Waals surface area contributed by atoms with Crippen LogP contribution in [0.1, 0.15) is 23.7 Å². The fraction of sp³-hybridized carbons (Fsp3) is 0.368. The van der Waals surface area contributed by atoms with Gasteiger partial charge in [-0.1, -0.05) is 30.3 Å². The van der Waals surface area contributed by atoms with E-state index in [0.29, 0.717) is 6.54 Å². The zero-order valence-electron chi connectivity index (χ0n) is 13.6. The highest BCUT2D eigenvalue weighted by atomic mass is 16.3. The fourth-order valence-corrected chi connectivity index (χ4v) is 2.71. The van der Waals surface area contributed by atoms with E-state index in [2.05, 4.69) is 65.6 Å².